The van der Waals surface area contributed by atoms with Crippen molar-refractivity contribution in [3.8, 4) is 11.5 Å². The first-order valence-corrected chi connectivity index (χ1v) is 21.4. The number of hydrogen-bond acceptors (Lipinski definition) is 4. The van der Waals surface area contributed by atoms with Crippen molar-refractivity contribution in [2.24, 2.45) is 9.98 Å². The molecule has 6 heteroatoms. The van der Waals surface area contributed by atoms with Crippen molar-refractivity contribution in [3.05, 3.63) is 129 Å². The summed E-state index contributed by atoms with van der Waals surface area (Å²) in [4.78, 5) is 10.4. The molecule has 1 fully saturated rings. The van der Waals surface area contributed by atoms with Crippen LogP contribution in [0.3, 0.4) is 0 Å². The van der Waals surface area contributed by atoms with Crippen molar-refractivity contribution in [1.82, 2.24) is 0 Å². The summed E-state index contributed by atoms with van der Waals surface area (Å²) < 4.78 is 1.48. The Morgan fingerprint density at radius 1 is 0.536 bits per heavy atom. The number of nitrogens with zero attached hydrogens (tertiary/aromatic N) is 4. The lowest BCUT2D eigenvalue weighted by atomic mass is 9.91. The van der Waals surface area contributed by atoms with Gasteiger partial charge in [-0.2, -0.15) is 0 Å². The molecule has 0 aliphatic heterocycles. The number of rotatable bonds is 20. The van der Waals surface area contributed by atoms with Crippen LogP contribution in [0.4, 0.5) is 0 Å². The van der Waals surface area contributed by atoms with Crippen molar-refractivity contribution in [1.29, 1.82) is 0 Å². The summed E-state index contributed by atoms with van der Waals surface area (Å²) in [7, 11) is 8.95. The summed E-state index contributed by atoms with van der Waals surface area (Å²) in [5, 5.41) is 23.4. The fourth-order valence-corrected chi connectivity index (χ4v) is 8.44. The van der Waals surface area contributed by atoms with Gasteiger partial charge in [0.05, 0.1) is 40.3 Å². The van der Waals surface area contributed by atoms with Crippen LogP contribution < -0.4 is 0 Å². The third kappa shape index (κ3) is 13.2. The molecule has 0 amide bonds. The zero-order valence-corrected chi connectivity index (χ0v) is 35.4. The molecule has 0 radical (unpaired) electrons. The summed E-state index contributed by atoms with van der Waals surface area (Å²) in [5.41, 5.74) is 8.69. The largest absolute Gasteiger partial charge is 0.507 e. The van der Waals surface area contributed by atoms with Crippen molar-refractivity contribution in [3.63, 3.8) is 0 Å². The normalized spacial score (nSPS) is 16.6. The standard InChI is InChI=1S/C50H68N4O2/c1-7-9-13-25-41-29-43(49(55)45(31-41)37-53(3,4)35-39-21-15-11-16-22-39)33-51-47-27-19-20-28-48(47)52-34-44-30-42(26-14-10-8-2)32-46(50(44)56)38-54(5,6)36-40-23-17-12-18-24-40/h11-12,15-18,21-24,29-34,47-48H,7-10,13-14,19-20,25-28,35-38H2,1-6H3/p+2/t47-,48-/m0/s1. The number of aryl methyl sites for hydroxylation is 2. The Hall–Kier alpha value is -4.26. The molecule has 0 saturated heterocycles. The average molecular weight is 759 g/mol. The number of benzene rings is 4. The molecule has 0 heterocycles. The molecular formula is C50H70N4O2+2. The number of aromatic hydroxyl groups is 2. The van der Waals surface area contributed by atoms with Crippen LogP contribution in [0.5, 0.6) is 11.5 Å². The van der Waals surface area contributed by atoms with Crippen LogP contribution in [0, 0.1) is 0 Å². The van der Waals surface area contributed by atoms with Gasteiger partial charge in [0, 0.05) is 45.8 Å². The molecule has 300 valence electrons. The van der Waals surface area contributed by atoms with E-state index in [1.165, 1.54) is 47.9 Å². The Kier molecular flexibility index (Phi) is 15.9. The van der Waals surface area contributed by atoms with Crippen molar-refractivity contribution >= 4 is 12.4 Å². The van der Waals surface area contributed by atoms with Gasteiger partial charge in [-0.1, -0.05) is 113 Å². The highest BCUT2D eigenvalue weighted by Gasteiger charge is 2.26. The summed E-state index contributed by atoms with van der Waals surface area (Å²) in [6.45, 7) is 7.70. The van der Waals surface area contributed by atoms with E-state index in [-0.39, 0.29) is 12.1 Å². The zero-order chi connectivity index (χ0) is 40.0. The van der Waals surface area contributed by atoms with Gasteiger partial charge in [-0.25, -0.2) is 0 Å². The fraction of sp³-hybridized carbons (Fsp3) is 0.480. The minimum Gasteiger partial charge on any atom is -0.507 e. The molecule has 2 N–H and O–H groups in total. The number of phenolic OH excluding ortho intramolecular Hbond substituents is 2. The lowest BCUT2D eigenvalue weighted by molar-refractivity contribution is -0.916. The fourth-order valence-electron chi connectivity index (χ4n) is 8.44. The highest BCUT2D eigenvalue weighted by atomic mass is 16.3. The first kappa shape index (κ1) is 42.9. The summed E-state index contributed by atoms with van der Waals surface area (Å²) in [6.07, 6.45) is 17.0. The van der Waals surface area contributed by atoms with Crippen LogP contribution in [0.25, 0.3) is 0 Å². The minimum absolute atomic E-state index is 0.0210. The summed E-state index contributed by atoms with van der Waals surface area (Å²) >= 11 is 0. The van der Waals surface area contributed by atoms with E-state index >= 15 is 0 Å². The SMILES string of the molecule is CCCCCc1cc(C=N[C@H]2CCCC[C@@H]2N=Cc2cc(CCCCC)cc(C[N+](C)(C)Cc3ccccc3)c2O)c(O)c(C[N+](C)(C)Cc2ccccc2)c1. The Bertz CT molecular complexity index is 1730. The highest BCUT2D eigenvalue weighted by Crippen LogP contribution is 2.32. The molecular weight excluding hydrogens is 689 g/mol. The van der Waals surface area contributed by atoms with Gasteiger partial charge in [0.25, 0.3) is 0 Å². The lowest BCUT2D eigenvalue weighted by Gasteiger charge is -2.31. The molecule has 2 atom stereocenters. The molecule has 0 spiro atoms. The number of aliphatic imine (C=N–C) groups is 2. The van der Waals surface area contributed by atoms with Crippen LogP contribution in [0.15, 0.2) is 94.9 Å². The highest BCUT2D eigenvalue weighted by molar-refractivity contribution is 5.85. The van der Waals surface area contributed by atoms with Gasteiger partial charge in [-0.15, -0.1) is 0 Å². The Morgan fingerprint density at radius 3 is 1.30 bits per heavy atom. The number of unbranched alkanes of at least 4 members (excludes halogenated alkanes) is 4. The van der Waals surface area contributed by atoms with Crippen molar-refractivity contribution < 1.29 is 19.2 Å². The van der Waals surface area contributed by atoms with Gasteiger partial charge in [-0.3, -0.25) is 9.98 Å². The predicted octanol–water partition coefficient (Wildman–Crippen LogP) is 11.0. The quantitative estimate of drug-likeness (QED) is 0.0535. The van der Waals surface area contributed by atoms with Gasteiger partial charge in [0.15, 0.2) is 0 Å². The number of phenols is 2. The van der Waals surface area contributed by atoms with Gasteiger partial charge in [0.1, 0.15) is 37.7 Å². The van der Waals surface area contributed by atoms with E-state index in [1.54, 1.807) is 0 Å². The second kappa shape index (κ2) is 20.8. The van der Waals surface area contributed by atoms with Crippen LogP contribution in [0.2, 0.25) is 0 Å². The lowest BCUT2D eigenvalue weighted by Crippen LogP contribution is -2.38. The van der Waals surface area contributed by atoms with E-state index in [2.05, 4.69) is 127 Å². The topological polar surface area (TPSA) is 65.2 Å². The molecule has 4 aromatic carbocycles. The molecule has 5 rings (SSSR count). The minimum atomic E-state index is 0.0210. The zero-order valence-electron chi connectivity index (χ0n) is 35.4. The van der Waals surface area contributed by atoms with Crippen LogP contribution >= 0.6 is 0 Å². The van der Waals surface area contributed by atoms with E-state index in [1.807, 2.05) is 12.4 Å². The smallest absolute Gasteiger partial charge is 0.133 e. The average Bonchev–Trinajstić information content (AvgIpc) is 3.16. The van der Waals surface area contributed by atoms with Gasteiger partial charge in [-0.05, 0) is 73.9 Å². The molecule has 0 unspecified atom stereocenters. The molecule has 0 aromatic heterocycles. The van der Waals surface area contributed by atoms with Crippen molar-refractivity contribution in [2.45, 2.75) is 129 Å². The van der Waals surface area contributed by atoms with E-state index in [4.69, 9.17) is 9.98 Å². The van der Waals surface area contributed by atoms with Gasteiger partial charge < -0.3 is 19.2 Å². The van der Waals surface area contributed by atoms with E-state index in [9.17, 15) is 10.2 Å². The molecule has 4 aromatic rings. The van der Waals surface area contributed by atoms with E-state index in [0.717, 1.165) is 109 Å². The number of quaternary nitrogens is 2. The third-order valence-corrected chi connectivity index (χ3v) is 11.3. The van der Waals surface area contributed by atoms with Crippen LogP contribution in [0.1, 0.15) is 123 Å². The monoisotopic (exact) mass is 759 g/mol. The maximum absolute atomic E-state index is 11.7. The Balaban J connectivity index is 1.39. The Morgan fingerprint density at radius 2 is 0.929 bits per heavy atom. The first-order chi connectivity index (χ1) is 26.9. The van der Waals surface area contributed by atoms with Crippen LogP contribution in [-0.4, -0.2) is 71.9 Å². The van der Waals surface area contributed by atoms with Gasteiger partial charge >= 0.3 is 0 Å². The maximum atomic E-state index is 11.7. The second-order valence-corrected chi connectivity index (χ2v) is 17.8. The molecule has 1 aliphatic carbocycles. The Labute approximate surface area is 338 Å². The van der Waals surface area contributed by atoms with Crippen LogP contribution in [-0.2, 0) is 39.0 Å². The molecule has 0 bridgehead atoms. The van der Waals surface area contributed by atoms with Gasteiger partial charge in [0.2, 0.25) is 0 Å². The molecule has 1 aliphatic rings. The third-order valence-electron chi connectivity index (χ3n) is 11.3. The number of hydrogen-bond donors (Lipinski definition) is 2. The molecule has 6 nitrogen and oxygen atoms in total. The summed E-state index contributed by atoms with van der Waals surface area (Å²) in [5.74, 6) is 0.683. The van der Waals surface area contributed by atoms with E-state index < -0.39 is 0 Å². The molecule has 56 heavy (non-hydrogen) atoms. The first-order valence-electron chi connectivity index (χ1n) is 21.4. The summed E-state index contributed by atoms with van der Waals surface area (Å²) in [6, 6.07) is 30.0. The maximum Gasteiger partial charge on any atom is 0.133 e. The molecule has 1 saturated carbocycles. The predicted molar refractivity (Wildman–Crippen MR) is 236 cm³/mol. The van der Waals surface area contributed by atoms with Crippen molar-refractivity contribution in [2.75, 3.05) is 28.2 Å². The van der Waals surface area contributed by atoms with E-state index in [0.29, 0.717) is 11.5 Å². The second-order valence-electron chi connectivity index (χ2n) is 17.8.